The number of hydrazone groups is 1. The van der Waals surface area contributed by atoms with Crippen molar-refractivity contribution in [3.05, 3.63) is 65.5 Å². The van der Waals surface area contributed by atoms with E-state index in [-0.39, 0.29) is 11.9 Å². The molecule has 1 heterocycles. The second kappa shape index (κ2) is 7.14. The van der Waals surface area contributed by atoms with Crippen molar-refractivity contribution >= 4 is 11.4 Å². The van der Waals surface area contributed by atoms with E-state index in [0.29, 0.717) is 12.5 Å². The molecule has 0 bridgehead atoms. The van der Waals surface area contributed by atoms with E-state index in [0.717, 1.165) is 24.2 Å². The number of benzene rings is 2. The number of nitrogens with zero attached hydrogens (tertiary/aromatic N) is 2. The highest BCUT2D eigenvalue weighted by atomic mass is 19.1. The summed E-state index contributed by atoms with van der Waals surface area (Å²) >= 11 is 0. The van der Waals surface area contributed by atoms with Gasteiger partial charge in [-0.1, -0.05) is 38.1 Å². The lowest BCUT2D eigenvalue weighted by Gasteiger charge is -2.24. The van der Waals surface area contributed by atoms with E-state index in [4.69, 9.17) is 10.8 Å². The molecule has 0 spiro atoms. The Morgan fingerprint density at radius 2 is 1.79 bits per heavy atom. The van der Waals surface area contributed by atoms with Crippen LogP contribution in [0.5, 0.6) is 0 Å². The normalized spacial score (nSPS) is 17.5. The van der Waals surface area contributed by atoms with Crippen molar-refractivity contribution < 1.29 is 4.39 Å². The Morgan fingerprint density at radius 1 is 1.12 bits per heavy atom. The third-order valence-corrected chi connectivity index (χ3v) is 4.49. The lowest BCUT2D eigenvalue weighted by molar-refractivity contribution is 0.626. The molecule has 0 amide bonds. The Morgan fingerprint density at radius 3 is 2.38 bits per heavy atom. The van der Waals surface area contributed by atoms with E-state index in [1.54, 1.807) is 12.1 Å². The predicted molar refractivity (Wildman–Crippen MR) is 97.9 cm³/mol. The minimum absolute atomic E-state index is 0.137. The molecule has 3 rings (SSSR count). The van der Waals surface area contributed by atoms with Gasteiger partial charge >= 0.3 is 0 Å². The smallest absolute Gasteiger partial charge is 0.123 e. The third-order valence-electron chi connectivity index (χ3n) is 4.49. The summed E-state index contributed by atoms with van der Waals surface area (Å²) in [5.74, 6) is 0.279. The fraction of sp³-hybridized carbons (Fsp3) is 0.350. The molecule has 1 unspecified atom stereocenters. The van der Waals surface area contributed by atoms with Crippen molar-refractivity contribution in [1.29, 1.82) is 0 Å². The highest BCUT2D eigenvalue weighted by molar-refractivity contribution is 5.89. The first-order chi connectivity index (χ1) is 11.6. The number of hydrogen-bond acceptors (Lipinski definition) is 3. The minimum Gasteiger partial charge on any atom is -0.330 e. The van der Waals surface area contributed by atoms with Crippen LogP contribution in [0.25, 0.3) is 0 Å². The van der Waals surface area contributed by atoms with Gasteiger partial charge in [0.15, 0.2) is 0 Å². The number of nitrogens with two attached hydrogens (primary N) is 1. The van der Waals surface area contributed by atoms with Crippen LogP contribution in [0.2, 0.25) is 0 Å². The highest BCUT2D eigenvalue weighted by Gasteiger charge is 2.28. The van der Waals surface area contributed by atoms with Gasteiger partial charge in [0.1, 0.15) is 5.82 Å². The standard InChI is InChI=1S/C20H24FN3/c1-14(2)15-3-5-16(6-4-15)20-13-18(11-12-22)23-24(20)19-9-7-17(21)8-10-19/h3-10,14,20H,11-13,22H2,1-2H3. The molecule has 2 aromatic rings. The summed E-state index contributed by atoms with van der Waals surface area (Å²) < 4.78 is 13.2. The summed E-state index contributed by atoms with van der Waals surface area (Å²) in [6.45, 7) is 4.98. The van der Waals surface area contributed by atoms with E-state index in [1.165, 1.54) is 23.3 Å². The Hall–Kier alpha value is -2.20. The van der Waals surface area contributed by atoms with Gasteiger partial charge in [-0.15, -0.1) is 0 Å². The topological polar surface area (TPSA) is 41.6 Å². The fourth-order valence-corrected chi connectivity index (χ4v) is 3.08. The predicted octanol–water partition coefficient (Wildman–Crippen LogP) is 4.61. The van der Waals surface area contributed by atoms with Gasteiger partial charge in [-0.3, -0.25) is 5.01 Å². The van der Waals surface area contributed by atoms with E-state index in [2.05, 4.69) is 38.1 Å². The minimum atomic E-state index is -0.234. The maximum Gasteiger partial charge on any atom is 0.123 e. The molecule has 1 aliphatic heterocycles. The van der Waals surface area contributed by atoms with Crippen molar-refractivity contribution in [3.63, 3.8) is 0 Å². The zero-order valence-electron chi connectivity index (χ0n) is 14.2. The number of anilines is 1. The number of rotatable bonds is 5. The molecule has 3 nitrogen and oxygen atoms in total. The maximum absolute atomic E-state index is 13.2. The molecule has 0 saturated carbocycles. The van der Waals surface area contributed by atoms with Crippen LogP contribution in [-0.4, -0.2) is 12.3 Å². The Bertz CT molecular complexity index is 705. The van der Waals surface area contributed by atoms with Gasteiger partial charge in [0.25, 0.3) is 0 Å². The SMILES string of the molecule is CC(C)c1ccc(C2CC(CCN)=NN2c2ccc(F)cc2)cc1. The molecule has 2 aromatic carbocycles. The Labute approximate surface area is 143 Å². The van der Waals surface area contributed by atoms with Gasteiger partial charge in [-0.25, -0.2) is 4.39 Å². The van der Waals surface area contributed by atoms with Crippen molar-refractivity contribution in [2.75, 3.05) is 11.6 Å². The first-order valence-corrected chi connectivity index (χ1v) is 8.49. The first kappa shape index (κ1) is 16.7. The van der Waals surface area contributed by atoms with Crippen LogP contribution in [-0.2, 0) is 0 Å². The molecule has 126 valence electrons. The molecule has 1 atom stereocenters. The second-order valence-corrected chi connectivity index (χ2v) is 6.57. The van der Waals surface area contributed by atoms with Gasteiger partial charge in [-0.2, -0.15) is 5.10 Å². The van der Waals surface area contributed by atoms with E-state index in [1.807, 2.05) is 5.01 Å². The van der Waals surface area contributed by atoms with Crippen LogP contribution in [0.3, 0.4) is 0 Å². The molecule has 4 heteroatoms. The van der Waals surface area contributed by atoms with Crippen molar-refractivity contribution in [2.24, 2.45) is 10.8 Å². The van der Waals surface area contributed by atoms with Gasteiger partial charge in [-0.05, 0) is 54.3 Å². The van der Waals surface area contributed by atoms with Crippen LogP contribution in [0.15, 0.2) is 53.6 Å². The van der Waals surface area contributed by atoms with Crippen LogP contribution in [0.1, 0.15) is 49.8 Å². The van der Waals surface area contributed by atoms with Crippen molar-refractivity contribution in [3.8, 4) is 0 Å². The average Bonchev–Trinajstić information content (AvgIpc) is 3.00. The van der Waals surface area contributed by atoms with Crippen LogP contribution in [0, 0.1) is 5.82 Å². The molecule has 2 N–H and O–H groups in total. The first-order valence-electron chi connectivity index (χ1n) is 8.49. The zero-order valence-corrected chi connectivity index (χ0v) is 14.2. The Balaban J connectivity index is 1.91. The van der Waals surface area contributed by atoms with Gasteiger partial charge in [0.2, 0.25) is 0 Å². The lowest BCUT2D eigenvalue weighted by atomic mass is 9.96. The molecular weight excluding hydrogens is 301 g/mol. The molecule has 24 heavy (non-hydrogen) atoms. The van der Waals surface area contributed by atoms with Crippen LogP contribution >= 0.6 is 0 Å². The quantitative estimate of drug-likeness (QED) is 0.872. The highest BCUT2D eigenvalue weighted by Crippen LogP contribution is 2.36. The molecule has 0 aromatic heterocycles. The Kier molecular flexibility index (Phi) is 4.95. The lowest BCUT2D eigenvalue weighted by Crippen LogP contribution is -2.18. The van der Waals surface area contributed by atoms with E-state index < -0.39 is 0 Å². The molecule has 0 aliphatic carbocycles. The van der Waals surface area contributed by atoms with Crippen LogP contribution < -0.4 is 10.7 Å². The molecular formula is C20H24FN3. The maximum atomic E-state index is 13.2. The average molecular weight is 325 g/mol. The summed E-state index contributed by atoms with van der Waals surface area (Å²) in [7, 11) is 0. The van der Waals surface area contributed by atoms with Gasteiger partial charge < -0.3 is 5.73 Å². The van der Waals surface area contributed by atoms with Gasteiger partial charge in [0.05, 0.1) is 11.7 Å². The number of hydrogen-bond donors (Lipinski definition) is 1. The summed E-state index contributed by atoms with van der Waals surface area (Å²) in [4.78, 5) is 0. The summed E-state index contributed by atoms with van der Waals surface area (Å²) in [5.41, 5.74) is 10.3. The largest absolute Gasteiger partial charge is 0.330 e. The van der Waals surface area contributed by atoms with Crippen LogP contribution in [0.4, 0.5) is 10.1 Å². The van der Waals surface area contributed by atoms with Crippen molar-refractivity contribution in [1.82, 2.24) is 0 Å². The summed E-state index contributed by atoms with van der Waals surface area (Å²) in [6.07, 6.45) is 1.65. The second-order valence-electron chi connectivity index (χ2n) is 6.57. The molecule has 0 radical (unpaired) electrons. The summed E-state index contributed by atoms with van der Waals surface area (Å²) in [6, 6.07) is 15.4. The fourth-order valence-electron chi connectivity index (χ4n) is 3.08. The van der Waals surface area contributed by atoms with E-state index >= 15 is 0 Å². The molecule has 0 fully saturated rings. The van der Waals surface area contributed by atoms with E-state index in [9.17, 15) is 4.39 Å². The summed E-state index contributed by atoms with van der Waals surface area (Å²) in [5, 5.41) is 6.74. The monoisotopic (exact) mass is 325 g/mol. The molecule has 0 saturated heterocycles. The zero-order chi connectivity index (χ0) is 17.1. The third kappa shape index (κ3) is 3.49. The van der Waals surface area contributed by atoms with Gasteiger partial charge in [0, 0.05) is 12.1 Å². The van der Waals surface area contributed by atoms with Crippen molar-refractivity contribution in [2.45, 2.75) is 38.6 Å². The number of halogens is 1. The molecule has 1 aliphatic rings.